The van der Waals surface area contributed by atoms with E-state index in [1.54, 1.807) is 0 Å². The SMILES string of the molecule is CC(C)CC(=O)Cc1ccc(N(C)C(C)(C)C)cc1. The second-order valence-electron chi connectivity index (χ2n) is 6.71. The van der Waals surface area contributed by atoms with Gasteiger partial charge in [-0.3, -0.25) is 4.79 Å². The van der Waals surface area contributed by atoms with Gasteiger partial charge in [-0.15, -0.1) is 0 Å². The number of anilines is 1. The largest absolute Gasteiger partial charge is 0.370 e. The fourth-order valence-electron chi connectivity index (χ4n) is 1.98. The van der Waals surface area contributed by atoms with E-state index in [9.17, 15) is 4.79 Å². The first-order valence-electron chi connectivity index (χ1n) is 7.04. The lowest BCUT2D eigenvalue weighted by molar-refractivity contribution is -0.119. The second-order valence-corrected chi connectivity index (χ2v) is 6.71. The summed E-state index contributed by atoms with van der Waals surface area (Å²) >= 11 is 0. The van der Waals surface area contributed by atoms with Gasteiger partial charge >= 0.3 is 0 Å². The molecule has 0 bridgehead atoms. The Morgan fingerprint density at radius 3 is 2.11 bits per heavy atom. The van der Waals surface area contributed by atoms with Crippen LogP contribution >= 0.6 is 0 Å². The zero-order valence-electron chi connectivity index (χ0n) is 13.2. The quantitative estimate of drug-likeness (QED) is 0.796. The number of carbonyl (C=O) groups is 1. The van der Waals surface area contributed by atoms with Crippen molar-refractivity contribution in [2.45, 2.75) is 53.0 Å². The molecule has 0 aliphatic carbocycles. The summed E-state index contributed by atoms with van der Waals surface area (Å²) in [6.45, 7) is 10.7. The monoisotopic (exact) mass is 261 g/mol. The summed E-state index contributed by atoms with van der Waals surface area (Å²) in [6.07, 6.45) is 1.22. The van der Waals surface area contributed by atoms with Crippen LogP contribution in [0.15, 0.2) is 24.3 Å². The average Bonchev–Trinajstić information content (AvgIpc) is 2.26. The molecule has 2 nitrogen and oxygen atoms in total. The van der Waals surface area contributed by atoms with Gasteiger partial charge < -0.3 is 4.90 Å². The van der Waals surface area contributed by atoms with Crippen molar-refractivity contribution in [3.8, 4) is 0 Å². The van der Waals surface area contributed by atoms with Gasteiger partial charge in [0.05, 0.1) is 0 Å². The first-order valence-corrected chi connectivity index (χ1v) is 7.04. The minimum atomic E-state index is 0.106. The summed E-state index contributed by atoms with van der Waals surface area (Å²) in [5.74, 6) is 0.769. The summed E-state index contributed by atoms with van der Waals surface area (Å²) in [5.41, 5.74) is 2.40. The van der Waals surface area contributed by atoms with Crippen molar-refractivity contribution in [1.82, 2.24) is 0 Å². The molecular formula is C17H27NO. The third-order valence-electron chi connectivity index (χ3n) is 3.37. The molecule has 0 fully saturated rings. The Labute approximate surface area is 117 Å². The van der Waals surface area contributed by atoms with Gasteiger partial charge in [-0.2, -0.15) is 0 Å². The standard InChI is InChI=1S/C17H27NO/c1-13(2)11-16(19)12-14-7-9-15(10-8-14)18(6)17(3,4)5/h7-10,13H,11-12H2,1-6H3. The summed E-state index contributed by atoms with van der Waals surface area (Å²) in [7, 11) is 2.10. The Hall–Kier alpha value is -1.31. The molecule has 0 aliphatic rings. The van der Waals surface area contributed by atoms with Crippen molar-refractivity contribution in [1.29, 1.82) is 0 Å². The Balaban J connectivity index is 2.69. The van der Waals surface area contributed by atoms with Crippen molar-refractivity contribution in [2.75, 3.05) is 11.9 Å². The zero-order valence-corrected chi connectivity index (χ0v) is 13.2. The highest BCUT2D eigenvalue weighted by Gasteiger charge is 2.17. The molecule has 0 aromatic heterocycles. The second kappa shape index (κ2) is 6.23. The summed E-state index contributed by atoms with van der Waals surface area (Å²) in [4.78, 5) is 14.0. The van der Waals surface area contributed by atoms with E-state index >= 15 is 0 Å². The summed E-state index contributed by atoms with van der Waals surface area (Å²) < 4.78 is 0. The van der Waals surface area contributed by atoms with Crippen LogP contribution in [0, 0.1) is 5.92 Å². The van der Waals surface area contributed by atoms with Crippen LogP contribution in [0.2, 0.25) is 0 Å². The number of carbonyl (C=O) groups excluding carboxylic acids is 1. The van der Waals surface area contributed by atoms with Gasteiger partial charge in [0.25, 0.3) is 0 Å². The van der Waals surface area contributed by atoms with Crippen molar-refractivity contribution in [3.05, 3.63) is 29.8 Å². The number of Topliss-reactive ketones (excluding diaryl/α,β-unsaturated/α-hetero) is 1. The number of nitrogens with zero attached hydrogens (tertiary/aromatic N) is 1. The van der Waals surface area contributed by atoms with Crippen LogP contribution in [0.25, 0.3) is 0 Å². The van der Waals surface area contributed by atoms with E-state index in [1.165, 1.54) is 5.69 Å². The summed E-state index contributed by atoms with van der Waals surface area (Å²) in [6, 6.07) is 8.33. The lowest BCUT2D eigenvalue weighted by Crippen LogP contribution is -2.37. The summed E-state index contributed by atoms with van der Waals surface area (Å²) in [5, 5.41) is 0. The van der Waals surface area contributed by atoms with E-state index in [2.05, 4.69) is 70.8 Å². The maximum Gasteiger partial charge on any atom is 0.137 e. The van der Waals surface area contributed by atoms with Crippen molar-refractivity contribution in [3.63, 3.8) is 0 Å². The lowest BCUT2D eigenvalue weighted by atomic mass is 10.0. The number of rotatable bonds is 5. The highest BCUT2D eigenvalue weighted by atomic mass is 16.1. The van der Waals surface area contributed by atoms with Crippen LogP contribution in [0.4, 0.5) is 5.69 Å². The third-order valence-corrected chi connectivity index (χ3v) is 3.37. The number of ketones is 1. The third kappa shape index (κ3) is 5.06. The van der Waals surface area contributed by atoms with Crippen molar-refractivity contribution < 1.29 is 4.79 Å². The topological polar surface area (TPSA) is 20.3 Å². The Morgan fingerprint density at radius 2 is 1.68 bits per heavy atom. The molecule has 0 saturated carbocycles. The fraction of sp³-hybridized carbons (Fsp3) is 0.588. The zero-order chi connectivity index (χ0) is 14.6. The Bertz CT molecular complexity index is 412. The highest BCUT2D eigenvalue weighted by molar-refractivity contribution is 5.81. The van der Waals surface area contributed by atoms with E-state index in [1.807, 2.05) is 0 Å². The molecule has 0 amide bonds. The van der Waals surface area contributed by atoms with Crippen molar-refractivity contribution in [2.24, 2.45) is 5.92 Å². The molecule has 1 aromatic rings. The average molecular weight is 261 g/mol. The van der Waals surface area contributed by atoms with Crippen LogP contribution in [0.5, 0.6) is 0 Å². The van der Waals surface area contributed by atoms with Gasteiger partial charge in [0.1, 0.15) is 5.78 Å². The minimum absolute atomic E-state index is 0.106. The van der Waals surface area contributed by atoms with E-state index in [0.29, 0.717) is 24.5 Å². The maximum absolute atomic E-state index is 11.8. The van der Waals surface area contributed by atoms with E-state index in [4.69, 9.17) is 0 Å². The van der Waals surface area contributed by atoms with Gasteiger partial charge in [0.2, 0.25) is 0 Å². The lowest BCUT2D eigenvalue weighted by Gasteiger charge is -2.34. The predicted octanol–water partition coefficient (Wildman–Crippen LogP) is 4.08. The van der Waals surface area contributed by atoms with Crippen LogP contribution < -0.4 is 4.90 Å². The normalized spacial score (nSPS) is 11.7. The molecule has 0 atom stereocenters. The highest BCUT2D eigenvalue weighted by Crippen LogP contribution is 2.22. The van der Waals surface area contributed by atoms with E-state index < -0.39 is 0 Å². The number of hydrogen-bond donors (Lipinski definition) is 0. The van der Waals surface area contributed by atoms with Crippen LogP contribution in [-0.2, 0) is 11.2 Å². The first kappa shape index (κ1) is 15.7. The smallest absolute Gasteiger partial charge is 0.137 e. The molecule has 0 saturated heterocycles. The molecule has 0 aliphatic heterocycles. The Kier molecular flexibility index (Phi) is 5.16. The molecule has 2 heteroatoms. The minimum Gasteiger partial charge on any atom is -0.370 e. The predicted molar refractivity (Wildman–Crippen MR) is 82.8 cm³/mol. The molecule has 0 N–H and O–H groups in total. The molecule has 0 spiro atoms. The molecule has 106 valence electrons. The van der Waals surface area contributed by atoms with Gasteiger partial charge in [0.15, 0.2) is 0 Å². The van der Waals surface area contributed by atoms with Gasteiger partial charge in [-0.1, -0.05) is 26.0 Å². The van der Waals surface area contributed by atoms with Crippen LogP contribution in [0.1, 0.15) is 46.6 Å². The van der Waals surface area contributed by atoms with E-state index in [0.717, 1.165) is 5.56 Å². The first-order chi connectivity index (χ1) is 8.70. The van der Waals surface area contributed by atoms with Gasteiger partial charge in [-0.05, 0) is 44.4 Å². The molecule has 19 heavy (non-hydrogen) atoms. The molecular weight excluding hydrogens is 234 g/mol. The van der Waals surface area contributed by atoms with Crippen molar-refractivity contribution >= 4 is 11.5 Å². The number of benzene rings is 1. The van der Waals surface area contributed by atoms with Gasteiger partial charge in [-0.25, -0.2) is 0 Å². The molecule has 0 radical (unpaired) electrons. The van der Waals surface area contributed by atoms with E-state index in [-0.39, 0.29) is 5.54 Å². The molecule has 1 aromatic carbocycles. The molecule has 0 heterocycles. The molecule has 1 rings (SSSR count). The van der Waals surface area contributed by atoms with Crippen LogP contribution in [-0.4, -0.2) is 18.4 Å². The number of hydrogen-bond acceptors (Lipinski definition) is 2. The molecule has 0 unspecified atom stereocenters. The Morgan fingerprint density at radius 1 is 1.16 bits per heavy atom. The van der Waals surface area contributed by atoms with Gasteiger partial charge in [0, 0.05) is 31.1 Å². The fourth-order valence-corrected chi connectivity index (χ4v) is 1.98. The van der Waals surface area contributed by atoms with Crippen LogP contribution in [0.3, 0.4) is 0 Å². The maximum atomic E-state index is 11.8.